The van der Waals surface area contributed by atoms with Gasteiger partial charge in [-0.15, -0.1) is 0 Å². The predicted octanol–water partition coefficient (Wildman–Crippen LogP) is 3.03. The summed E-state index contributed by atoms with van der Waals surface area (Å²) in [5, 5.41) is 0. The van der Waals surface area contributed by atoms with Crippen LogP contribution in [0.5, 0.6) is 0 Å². The van der Waals surface area contributed by atoms with E-state index in [1.165, 1.54) is 22.3 Å². The highest BCUT2D eigenvalue weighted by atomic mass is 14.8. The Morgan fingerprint density at radius 2 is 1.54 bits per heavy atom. The third-order valence-electron chi connectivity index (χ3n) is 4.07. The van der Waals surface area contributed by atoms with Crippen molar-refractivity contribution in [1.29, 1.82) is 0 Å². The first kappa shape index (κ1) is 10.5. The van der Waals surface area contributed by atoms with Crippen LogP contribution in [0.1, 0.15) is 41.5 Å². The first-order valence-electron chi connectivity index (χ1n) is 4.94. The molecular weight excluding hydrogens is 158 g/mol. The van der Waals surface area contributed by atoms with Crippen molar-refractivity contribution in [2.45, 2.75) is 47.1 Å². The molecular formula is C12H21N. The van der Waals surface area contributed by atoms with Crippen LogP contribution in [0.4, 0.5) is 0 Å². The smallest absolute Gasteiger partial charge is 0.0406 e. The molecule has 0 heterocycles. The molecule has 2 unspecified atom stereocenters. The molecule has 74 valence electrons. The van der Waals surface area contributed by atoms with Gasteiger partial charge in [-0.3, -0.25) is 0 Å². The number of nitrogens with two attached hydrogens (primary N) is 1. The van der Waals surface area contributed by atoms with E-state index in [1.54, 1.807) is 0 Å². The zero-order chi connectivity index (χ0) is 10.4. The van der Waals surface area contributed by atoms with E-state index in [4.69, 9.17) is 5.73 Å². The Bertz CT molecular complexity index is 292. The summed E-state index contributed by atoms with van der Waals surface area (Å²) in [6.45, 7) is 13.1. The number of hydrogen-bond acceptors (Lipinski definition) is 1. The third-order valence-corrected chi connectivity index (χ3v) is 4.07. The van der Waals surface area contributed by atoms with Crippen LogP contribution in [0.15, 0.2) is 22.3 Å². The molecule has 13 heavy (non-hydrogen) atoms. The fourth-order valence-corrected chi connectivity index (χ4v) is 2.08. The predicted molar refractivity (Wildman–Crippen MR) is 58.5 cm³/mol. The van der Waals surface area contributed by atoms with Crippen molar-refractivity contribution in [2.24, 2.45) is 11.7 Å². The lowest BCUT2D eigenvalue weighted by Gasteiger charge is -2.40. The molecule has 0 saturated heterocycles. The number of allylic oxidation sites excluding steroid dienone is 2. The van der Waals surface area contributed by atoms with Crippen LogP contribution in [-0.4, -0.2) is 5.54 Å². The van der Waals surface area contributed by atoms with E-state index in [9.17, 15) is 0 Å². The molecule has 0 aromatic carbocycles. The van der Waals surface area contributed by atoms with Crippen LogP contribution in [0.25, 0.3) is 0 Å². The Morgan fingerprint density at radius 1 is 1.08 bits per heavy atom. The summed E-state index contributed by atoms with van der Waals surface area (Å²) in [7, 11) is 0. The highest BCUT2D eigenvalue weighted by Crippen LogP contribution is 2.39. The molecule has 0 aromatic rings. The lowest BCUT2D eigenvalue weighted by Crippen LogP contribution is -2.47. The lowest BCUT2D eigenvalue weighted by molar-refractivity contribution is 0.403. The van der Waals surface area contributed by atoms with Gasteiger partial charge in [0.2, 0.25) is 0 Å². The van der Waals surface area contributed by atoms with E-state index in [0.29, 0.717) is 5.92 Å². The van der Waals surface area contributed by atoms with Gasteiger partial charge in [-0.25, -0.2) is 0 Å². The Balaban J connectivity index is 3.32. The summed E-state index contributed by atoms with van der Waals surface area (Å²) in [6.07, 6.45) is 0. The van der Waals surface area contributed by atoms with Gasteiger partial charge in [0, 0.05) is 5.54 Å². The quantitative estimate of drug-likeness (QED) is 0.607. The van der Waals surface area contributed by atoms with Crippen LogP contribution < -0.4 is 5.73 Å². The molecule has 1 aliphatic rings. The molecule has 0 amide bonds. The van der Waals surface area contributed by atoms with Gasteiger partial charge in [-0.1, -0.05) is 18.1 Å². The van der Waals surface area contributed by atoms with Gasteiger partial charge in [-0.05, 0) is 51.7 Å². The van der Waals surface area contributed by atoms with Crippen molar-refractivity contribution in [2.75, 3.05) is 0 Å². The van der Waals surface area contributed by atoms with Crippen molar-refractivity contribution in [3.8, 4) is 0 Å². The van der Waals surface area contributed by atoms with E-state index in [2.05, 4.69) is 41.5 Å². The standard InChI is InChI=1S/C12H21N/c1-7-8(2)10(4)12(6,13)11(5)9(7)3/h10H,13H2,1-6H3. The Kier molecular flexibility index (Phi) is 2.42. The largest absolute Gasteiger partial charge is 0.321 e. The molecule has 0 aliphatic heterocycles. The van der Waals surface area contributed by atoms with Crippen LogP contribution in [0.2, 0.25) is 0 Å². The van der Waals surface area contributed by atoms with Gasteiger partial charge in [0.1, 0.15) is 0 Å². The van der Waals surface area contributed by atoms with Crippen LogP contribution in [-0.2, 0) is 0 Å². The second-order valence-electron chi connectivity index (χ2n) is 4.56. The van der Waals surface area contributed by atoms with Gasteiger partial charge in [0.15, 0.2) is 0 Å². The van der Waals surface area contributed by atoms with Crippen LogP contribution >= 0.6 is 0 Å². The fourth-order valence-electron chi connectivity index (χ4n) is 2.08. The summed E-state index contributed by atoms with van der Waals surface area (Å²) < 4.78 is 0. The molecule has 1 rings (SSSR count). The van der Waals surface area contributed by atoms with Gasteiger partial charge >= 0.3 is 0 Å². The fraction of sp³-hybridized carbons (Fsp3) is 0.667. The van der Waals surface area contributed by atoms with E-state index < -0.39 is 0 Å². The highest BCUT2D eigenvalue weighted by molar-refractivity contribution is 5.45. The van der Waals surface area contributed by atoms with E-state index >= 15 is 0 Å². The van der Waals surface area contributed by atoms with Crippen LogP contribution in [0, 0.1) is 5.92 Å². The topological polar surface area (TPSA) is 26.0 Å². The molecule has 0 spiro atoms. The number of hydrogen-bond donors (Lipinski definition) is 1. The summed E-state index contributed by atoms with van der Waals surface area (Å²) >= 11 is 0. The van der Waals surface area contributed by atoms with Crippen LogP contribution in [0.3, 0.4) is 0 Å². The van der Waals surface area contributed by atoms with E-state index in [0.717, 1.165) is 0 Å². The Labute approximate surface area is 81.7 Å². The molecule has 1 aliphatic carbocycles. The second-order valence-corrected chi connectivity index (χ2v) is 4.56. The van der Waals surface area contributed by atoms with Crippen molar-refractivity contribution in [3.05, 3.63) is 22.3 Å². The molecule has 2 atom stereocenters. The molecule has 0 saturated carbocycles. The second kappa shape index (κ2) is 2.98. The van der Waals surface area contributed by atoms with Crippen molar-refractivity contribution in [3.63, 3.8) is 0 Å². The average molecular weight is 179 g/mol. The third kappa shape index (κ3) is 1.35. The zero-order valence-corrected chi connectivity index (χ0v) is 9.65. The van der Waals surface area contributed by atoms with Gasteiger partial charge in [0.05, 0.1) is 0 Å². The minimum Gasteiger partial charge on any atom is -0.321 e. The molecule has 0 radical (unpaired) electrons. The van der Waals surface area contributed by atoms with E-state index in [1.807, 2.05) is 0 Å². The molecule has 0 aromatic heterocycles. The lowest BCUT2D eigenvalue weighted by atomic mass is 9.70. The van der Waals surface area contributed by atoms with Gasteiger partial charge in [0.25, 0.3) is 0 Å². The Morgan fingerprint density at radius 3 is 2.00 bits per heavy atom. The SMILES string of the molecule is CC1=C(C)C(C)C(C)(N)C(C)=C1C. The number of rotatable bonds is 0. The minimum atomic E-state index is -0.159. The average Bonchev–Trinajstić information content (AvgIpc) is 2.09. The maximum atomic E-state index is 6.32. The normalized spacial score (nSPS) is 35.8. The molecule has 1 nitrogen and oxygen atoms in total. The minimum absolute atomic E-state index is 0.159. The maximum absolute atomic E-state index is 6.32. The summed E-state index contributed by atoms with van der Waals surface area (Å²) in [5.74, 6) is 0.455. The molecule has 1 heteroatoms. The molecule has 0 fully saturated rings. The van der Waals surface area contributed by atoms with Crippen molar-refractivity contribution in [1.82, 2.24) is 0 Å². The summed E-state index contributed by atoms with van der Waals surface area (Å²) in [4.78, 5) is 0. The Hall–Kier alpha value is -0.560. The first-order valence-corrected chi connectivity index (χ1v) is 4.94. The monoisotopic (exact) mass is 179 g/mol. The maximum Gasteiger partial charge on any atom is 0.0406 e. The van der Waals surface area contributed by atoms with Crippen molar-refractivity contribution >= 4 is 0 Å². The van der Waals surface area contributed by atoms with Gasteiger partial charge in [-0.2, -0.15) is 0 Å². The highest BCUT2D eigenvalue weighted by Gasteiger charge is 2.34. The zero-order valence-electron chi connectivity index (χ0n) is 9.65. The molecule has 0 bridgehead atoms. The summed E-state index contributed by atoms with van der Waals surface area (Å²) in [6, 6.07) is 0. The summed E-state index contributed by atoms with van der Waals surface area (Å²) in [5.41, 5.74) is 11.7. The first-order chi connectivity index (χ1) is 5.80. The van der Waals surface area contributed by atoms with Gasteiger partial charge < -0.3 is 5.73 Å². The molecule has 2 N–H and O–H groups in total. The van der Waals surface area contributed by atoms with Crippen molar-refractivity contribution < 1.29 is 0 Å². The van der Waals surface area contributed by atoms with E-state index in [-0.39, 0.29) is 5.54 Å².